The molecule has 1 atom stereocenters. The van der Waals surface area contributed by atoms with Crippen LogP contribution >= 0.6 is 0 Å². The van der Waals surface area contributed by atoms with Crippen molar-refractivity contribution in [3.63, 3.8) is 0 Å². The molecule has 37 heavy (non-hydrogen) atoms. The summed E-state index contributed by atoms with van der Waals surface area (Å²) < 4.78 is 10.9. The van der Waals surface area contributed by atoms with Gasteiger partial charge in [-0.3, -0.25) is 9.59 Å². The summed E-state index contributed by atoms with van der Waals surface area (Å²) in [6.07, 6.45) is -1.24. The lowest BCUT2D eigenvalue weighted by molar-refractivity contribution is -0.133. The van der Waals surface area contributed by atoms with Crippen LogP contribution in [0.25, 0.3) is 16.5 Å². The molecule has 0 aliphatic carbocycles. The minimum atomic E-state index is -1.24. The quantitative estimate of drug-likeness (QED) is 0.150. The van der Waals surface area contributed by atoms with Crippen molar-refractivity contribution in [2.24, 2.45) is 0 Å². The third kappa shape index (κ3) is 4.67. The van der Waals surface area contributed by atoms with Crippen LogP contribution in [0.5, 0.6) is 5.75 Å². The van der Waals surface area contributed by atoms with Crippen LogP contribution in [0, 0.1) is 0 Å². The number of Topliss-reactive ketones (excluding diaryl/α,β-unsaturated/α-hetero) is 1. The molecule has 4 aromatic rings. The number of nitrogens with one attached hydrogen (secondary N) is 1. The normalized spacial score (nSPS) is 14.9. The first kappa shape index (κ1) is 23.8. The second-order valence-corrected chi connectivity index (χ2v) is 8.44. The zero-order valence-corrected chi connectivity index (χ0v) is 19.9. The highest BCUT2D eigenvalue weighted by atomic mass is 16.5. The summed E-state index contributed by atoms with van der Waals surface area (Å²) in [4.78, 5) is 39.2. The number of fused-ring (bicyclic) bond motifs is 2. The highest BCUT2D eigenvalue weighted by Gasteiger charge is 2.40. The standard InChI is InChI=1S/C30H23NO6/c1-2-36-22-15-13-21(14-16-22)31-29(34)27(33)25(28-23-9-5-6-10-24(23)30(35)37-28)26(32)20-12-11-18-7-3-4-8-19(18)17-20/h3-17,28,32H,2H2,1H3,(H,31,34)/b26-25-/t28-/m0/s1. The average molecular weight is 494 g/mol. The minimum Gasteiger partial charge on any atom is -0.507 e. The summed E-state index contributed by atoms with van der Waals surface area (Å²) in [6, 6.07) is 25.8. The first-order valence-electron chi connectivity index (χ1n) is 11.8. The van der Waals surface area contributed by atoms with Crippen LogP contribution in [0.15, 0.2) is 96.6 Å². The molecule has 1 aliphatic heterocycles. The molecule has 0 saturated carbocycles. The highest BCUT2D eigenvalue weighted by Crippen LogP contribution is 2.39. The van der Waals surface area contributed by atoms with E-state index in [1.165, 1.54) is 0 Å². The predicted molar refractivity (Wildman–Crippen MR) is 139 cm³/mol. The lowest BCUT2D eigenvalue weighted by atomic mass is 9.92. The topological polar surface area (TPSA) is 102 Å². The summed E-state index contributed by atoms with van der Waals surface area (Å²) >= 11 is 0. The molecule has 5 rings (SSSR count). The summed E-state index contributed by atoms with van der Waals surface area (Å²) in [5.41, 5.74) is 1.04. The van der Waals surface area contributed by atoms with Gasteiger partial charge in [-0.2, -0.15) is 0 Å². The van der Waals surface area contributed by atoms with Crippen LogP contribution < -0.4 is 10.1 Å². The molecular formula is C30H23NO6. The number of aliphatic hydroxyl groups is 1. The smallest absolute Gasteiger partial charge is 0.339 e. The van der Waals surface area contributed by atoms with Gasteiger partial charge in [-0.1, -0.05) is 54.6 Å². The van der Waals surface area contributed by atoms with Crippen LogP contribution in [0.1, 0.15) is 34.5 Å². The Hall–Kier alpha value is -4.91. The van der Waals surface area contributed by atoms with Crippen LogP contribution in [-0.4, -0.2) is 29.4 Å². The Morgan fingerprint density at radius 3 is 2.38 bits per heavy atom. The molecule has 0 radical (unpaired) electrons. The SMILES string of the molecule is CCOc1ccc(NC(=O)C(=O)/C(=C(/O)c2ccc3ccccc3c2)[C@H]2OC(=O)c3ccccc32)cc1. The molecule has 1 amide bonds. The molecule has 1 aliphatic rings. The van der Waals surface area contributed by atoms with Crippen molar-refractivity contribution < 1.29 is 29.0 Å². The van der Waals surface area contributed by atoms with Gasteiger partial charge in [-0.05, 0) is 54.1 Å². The van der Waals surface area contributed by atoms with Crippen molar-refractivity contribution >= 4 is 39.9 Å². The summed E-state index contributed by atoms with van der Waals surface area (Å²) in [5.74, 6) is -2.45. The van der Waals surface area contributed by atoms with E-state index >= 15 is 0 Å². The number of ether oxygens (including phenoxy) is 2. The zero-order chi connectivity index (χ0) is 25.9. The maximum atomic E-state index is 13.6. The summed E-state index contributed by atoms with van der Waals surface area (Å²) in [7, 11) is 0. The van der Waals surface area contributed by atoms with Gasteiger partial charge < -0.3 is 19.9 Å². The van der Waals surface area contributed by atoms with Crippen molar-refractivity contribution in [1.82, 2.24) is 0 Å². The number of ketones is 1. The molecular weight excluding hydrogens is 470 g/mol. The second-order valence-electron chi connectivity index (χ2n) is 8.44. The average Bonchev–Trinajstić information content (AvgIpc) is 3.25. The molecule has 0 spiro atoms. The fourth-order valence-corrected chi connectivity index (χ4v) is 4.31. The first-order chi connectivity index (χ1) is 18.0. The lowest BCUT2D eigenvalue weighted by Crippen LogP contribution is -2.28. The molecule has 4 aromatic carbocycles. The van der Waals surface area contributed by atoms with E-state index < -0.39 is 29.5 Å². The van der Waals surface area contributed by atoms with Gasteiger partial charge in [0.1, 0.15) is 11.5 Å². The van der Waals surface area contributed by atoms with E-state index in [1.54, 1.807) is 66.7 Å². The molecule has 0 fully saturated rings. The van der Waals surface area contributed by atoms with Gasteiger partial charge in [0.05, 0.1) is 17.7 Å². The van der Waals surface area contributed by atoms with Crippen molar-refractivity contribution in [1.29, 1.82) is 0 Å². The molecule has 7 nitrogen and oxygen atoms in total. The number of rotatable bonds is 7. The van der Waals surface area contributed by atoms with Gasteiger partial charge >= 0.3 is 5.97 Å². The Balaban J connectivity index is 1.56. The maximum absolute atomic E-state index is 13.6. The van der Waals surface area contributed by atoms with Crippen LogP contribution in [-0.2, 0) is 14.3 Å². The predicted octanol–water partition coefficient (Wildman–Crippen LogP) is 5.63. The Morgan fingerprint density at radius 2 is 1.62 bits per heavy atom. The molecule has 1 heterocycles. The monoisotopic (exact) mass is 493 g/mol. The molecule has 184 valence electrons. The Bertz CT molecular complexity index is 1550. The Kier molecular flexibility index (Phi) is 6.43. The lowest BCUT2D eigenvalue weighted by Gasteiger charge is -2.17. The van der Waals surface area contributed by atoms with Gasteiger partial charge in [0.15, 0.2) is 6.10 Å². The van der Waals surface area contributed by atoms with E-state index in [0.717, 1.165) is 10.8 Å². The van der Waals surface area contributed by atoms with Crippen LogP contribution in [0.4, 0.5) is 5.69 Å². The number of carbonyl (C=O) groups is 3. The third-order valence-corrected chi connectivity index (χ3v) is 6.10. The number of carbonyl (C=O) groups excluding carboxylic acids is 3. The number of amides is 1. The minimum absolute atomic E-state index is 0.274. The van der Waals surface area contributed by atoms with Gasteiger partial charge in [0.2, 0.25) is 0 Å². The number of anilines is 1. The summed E-state index contributed by atoms with van der Waals surface area (Å²) in [6.45, 7) is 2.35. The zero-order valence-electron chi connectivity index (χ0n) is 19.9. The van der Waals surface area contributed by atoms with E-state index in [9.17, 15) is 19.5 Å². The van der Waals surface area contributed by atoms with Crippen molar-refractivity contribution in [3.05, 3.63) is 113 Å². The van der Waals surface area contributed by atoms with Gasteiger partial charge in [0, 0.05) is 16.8 Å². The second kappa shape index (κ2) is 9.99. The Morgan fingerprint density at radius 1 is 0.919 bits per heavy atom. The van der Waals surface area contributed by atoms with Crippen molar-refractivity contribution in [2.45, 2.75) is 13.0 Å². The van der Waals surface area contributed by atoms with E-state index in [0.29, 0.717) is 29.2 Å². The van der Waals surface area contributed by atoms with E-state index in [4.69, 9.17) is 9.47 Å². The molecule has 2 N–H and O–H groups in total. The van der Waals surface area contributed by atoms with E-state index in [1.807, 2.05) is 31.2 Å². The number of hydrogen-bond donors (Lipinski definition) is 2. The van der Waals surface area contributed by atoms with Gasteiger partial charge in [-0.15, -0.1) is 0 Å². The van der Waals surface area contributed by atoms with E-state index in [-0.39, 0.29) is 11.1 Å². The van der Waals surface area contributed by atoms with Crippen LogP contribution in [0.2, 0.25) is 0 Å². The molecule has 0 aromatic heterocycles. The number of esters is 1. The fourth-order valence-electron chi connectivity index (χ4n) is 4.31. The van der Waals surface area contributed by atoms with Crippen molar-refractivity contribution in [3.8, 4) is 5.75 Å². The largest absolute Gasteiger partial charge is 0.507 e. The first-order valence-corrected chi connectivity index (χ1v) is 11.8. The molecule has 0 bridgehead atoms. The number of hydrogen-bond acceptors (Lipinski definition) is 6. The fraction of sp³-hybridized carbons (Fsp3) is 0.100. The van der Waals surface area contributed by atoms with Crippen LogP contribution in [0.3, 0.4) is 0 Å². The van der Waals surface area contributed by atoms with Crippen molar-refractivity contribution in [2.75, 3.05) is 11.9 Å². The number of aliphatic hydroxyl groups excluding tert-OH is 1. The maximum Gasteiger partial charge on any atom is 0.339 e. The number of cyclic esters (lactones) is 1. The van der Waals surface area contributed by atoms with Gasteiger partial charge in [-0.25, -0.2) is 4.79 Å². The molecule has 7 heteroatoms. The highest BCUT2D eigenvalue weighted by molar-refractivity contribution is 6.47. The van der Waals surface area contributed by atoms with E-state index in [2.05, 4.69) is 5.32 Å². The molecule has 0 saturated heterocycles. The molecule has 0 unspecified atom stereocenters. The van der Waals surface area contributed by atoms with Gasteiger partial charge in [0.25, 0.3) is 11.7 Å². The Labute approximate surface area is 213 Å². The number of benzene rings is 4. The third-order valence-electron chi connectivity index (χ3n) is 6.10. The summed E-state index contributed by atoms with van der Waals surface area (Å²) in [5, 5.41) is 15.7.